The van der Waals surface area contributed by atoms with Crippen LogP contribution in [0.5, 0.6) is 5.75 Å². The first kappa shape index (κ1) is 20.6. The van der Waals surface area contributed by atoms with Crippen molar-refractivity contribution in [1.29, 1.82) is 0 Å². The first-order chi connectivity index (χ1) is 13.3. The standard InChI is InChI=1S/C21H26N2O4/c1-25-15-16-26-14-4-13-23-21(24)11-8-18-6-9-20(10-7-18)27-17-19-5-2-3-12-22-19/h2-3,5-12H,4,13-17H2,1H3,(H,23,24)/b11-8+. The van der Waals surface area contributed by atoms with Crippen molar-refractivity contribution in [3.8, 4) is 5.75 Å². The quantitative estimate of drug-likeness (QED) is 0.460. The molecule has 0 radical (unpaired) electrons. The van der Waals surface area contributed by atoms with E-state index < -0.39 is 0 Å². The molecule has 0 aliphatic rings. The molecule has 27 heavy (non-hydrogen) atoms. The van der Waals surface area contributed by atoms with E-state index in [1.807, 2.05) is 42.5 Å². The topological polar surface area (TPSA) is 69.7 Å². The molecule has 0 atom stereocenters. The molecule has 1 N–H and O–H groups in total. The van der Waals surface area contributed by atoms with Crippen molar-refractivity contribution in [1.82, 2.24) is 10.3 Å². The van der Waals surface area contributed by atoms with Gasteiger partial charge in [-0.3, -0.25) is 9.78 Å². The van der Waals surface area contributed by atoms with Crippen molar-refractivity contribution in [2.75, 3.05) is 33.5 Å². The second kappa shape index (κ2) is 12.6. The summed E-state index contributed by atoms with van der Waals surface area (Å²) >= 11 is 0. The zero-order valence-electron chi connectivity index (χ0n) is 15.6. The van der Waals surface area contributed by atoms with Gasteiger partial charge in [0.05, 0.1) is 18.9 Å². The monoisotopic (exact) mass is 370 g/mol. The van der Waals surface area contributed by atoms with Crippen molar-refractivity contribution in [2.45, 2.75) is 13.0 Å². The fraction of sp³-hybridized carbons (Fsp3) is 0.333. The molecule has 144 valence electrons. The van der Waals surface area contributed by atoms with Crippen LogP contribution in [-0.2, 0) is 20.9 Å². The van der Waals surface area contributed by atoms with Crippen molar-refractivity contribution < 1.29 is 19.0 Å². The Morgan fingerprint density at radius 2 is 1.96 bits per heavy atom. The first-order valence-corrected chi connectivity index (χ1v) is 8.93. The van der Waals surface area contributed by atoms with Crippen molar-refractivity contribution in [2.24, 2.45) is 0 Å². The van der Waals surface area contributed by atoms with Gasteiger partial charge in [-0.25, -0.2) is 0 Å². The Morgan fingerprint density at radius 1 is 1.11 bits per heavy atom. The van der Waals surface area contributed by atoms with E-state index in [1.165, 1.54) is 6.08 Å². The molecular weight excluding hydrogens is 344 g/mol. The number of hydrogen-bond donors (Lipinski definition) is 1. The van der Waals surface area contributed by atoms with Gasteiger partial charge in [-0.1, -0.05) is 18.2 Å². The maximum Gasteiger partial charge on any atom is 0.244 e. The predicted molar refractivity (Wildman–Crippen MR) is 104 cm³/mol. The zero-order valence-corrected chi connectivity index (χ0v) is 15.6. The molecule has 0 bridgehead atoms. The maximum absolute atomic E-state index is 11.8. The highest BCUT2D eigenvalue weighted by Gasteiger charge is 1.98. The molecule has 0 aliphatic carbocycles. The Morgan fingerprint density at radius 3 is 2.70 bits per heavy atom. The summed E-state index contributed by atoms with van der Waals surface area (Å²) in [6.45, 7) is 2.77. The molecule has 0 unspecified atom stereocenters. The molecule has 0 saturated heterocycles. The fourth-order valence-electron chi connectivity index (χ4n) is 2.18. The molecule has 1 amide bonds. The molecule has 6 heteroatoms. The molecular formula is C21H26N2O4. The predicted octanol–water partition coefficient (Wildman–Crippen LogP) is 2.84. The maximum atomic E-state index is 11.8. The number of carbonyl (C=O) groups is 1. The lowest BCUT2D eigenvalue weighted by Gasteiger charge is -2.06. The van der Waals surface area contributed by atoms with Crippen molar-refractivity contribution in [3.05, 3.63) is 66.0 Å². The lowest BCUT2D eigenvalue weighted by molar-refractivity contribution is -0.116. The van der Waals surface area contributed by atoms with Crippen LogP contribution in [0.4, 0.5) is 0 Å². The molecule has 1 aromatic carbocycles. The summed E-state index contributed by atoms with van der Waals surface area (Å²) in [5.41, 5.74) is 1.81. The van der Waals surface area contributed by atoms with Gasteiger partial charge in [0.1, 0.15) is 12.4 Å². The second-order valence-corrected chi connectivity index (χ2v) is 5.76. The summed E-state index contributed by atoms with van der Waals surface area (Å²) in [4.78, 5) is 16.0. The average molecular weight is 370 g/mol. The number of amides is 1. The zero-order chi connectivity index (χ0) is 19.2. The van der Waals surface area contributed by atoms with Crippen LogP contribution in [0.1, 0.15) is 17.7 Å². The number of pyridine rings is 1. The highest BCUT2D eigenvalue weighted by atomic mass is 16.5. The van der Waals surface area contributed by atoms with Gasteiger partial charge in [-0.15, -0.1) is 0 Å². The Balaban J connectivity index is 1.65. The van der Waals surface area contributed by atoms with Gasteiger partial charge in [-0.2, -0.15) is 0 Å². The minimum atomic E-state index is -0.123. The molecule has 1 aromatic heterocycles. The van der Waals surface area contributed by atoms with E-state index >= 15 is 0 Å². The van der Waals surface area contributed by atoms with Gasteiger partial charge >= 0.3 is 0 Å². The molecule has 2 rings (SSSR count). The smallest absolute Gasteiger partial charge is 0.244 e. The van der Waals surface area contributed by atoms with Crippen LogP contribution < -0.4 is 10.1 Å². The van der Waals surface area contributed by atoms with Crippen LogP contribution in [0, 0.1) is 0 Å². The molecule has 2 aromatic rings. The summed E-state index contributed by atoms with van der Waals surface area (Å²) in [6, 6.07) is 13.3. The number of aromatic nitrogens is 1. The van der Waals surface area contributed by atoms with E-state index in [2.05, 4.69) is 10.3 Å². The highest BCUT2D eigenvalue weighted by Crippen LogP contribution is 2.14. The van der Waals surface area contributed by atoms with Crippen molar-refractivity contribution in [3.63, 3.8) is 0 Å². The third kappa shape index (κ3) is 8.99. The number of methoxy groups -OCH3 is 1. The Labute approximate surface area is 160 Å². The lowest BCUT2D eigenvalue weighted by Crippen LogP contribution is -2.23. The lowest BCUT2D eigenvalue weighted by atomic mass is 10.2. The third-order valence-electron chi connectivity index (χ3n) is 3.62. The summed E-state index contributed by atoms with van der Waals surface area (Å²) in [5, 5.41) is 2.83. The summed E-state index contributed by atoms with van der Waals surface area (Å²) < 4.78 is 15.9. The number of ether oxygens (including phenoxy) is 3. The Bertz CT molecular complexity index is 687. The molecule has 0 fully saturated rings. The van der Waals surface area contributed by atoms with Gasteiger partial charge in [0.25, 0.3) is 0 Å². The average Bonchev–Trinajstić information content (AvgIpc) is 2.71. The van der Waals surface area contributed by atoms with E-state index in [-0.39, 0.29) is 5.91 Å². The molecule has 0 aliphatic heterocycles. The highest BCUT2D eigenvalue weighted by molar-refractivity contribution is 5.91. The van der Waals surface area contributed by atoms with Gasteiger partial charge in [0, 0.05) is 32.5 Å². The number of rotatable bonds is 12. The van der Waals surface area contributed by atoms with Gasteiger partial charge in [-0.05, 0) is 42.3 Å². The molecule has 0 spiro atoms. The molecule has 6 nitrogen and oxygen atoms in total. The fourth-order valence-corrected chi connectivity index (χ4v) is 2.18. The second-order valence-electron chi connectivity index (χ2n) is 5.76. The number of benzene rings is 1. The minimum Gasteiger partial charge on any atom is -0.487 e. The SMILES string of the molecule is COCCOCCCNC(=O)/C=C/c1ccc(OCc2ccccn2)cc1. The van der Waals surface area contributed by atoms with E-state index in [0.717, 1.165) is 23.4 Å². The van der Waals surface area contributed by atoms with E-state index in [4.69, 9.17) is 14.2 Å². The van der Waals surface area contributed by atoms with E-state index in [0.29, 0.717) is 33.0 Å². The largest absolute Gasteiger partial charge is 0.487 e. The van der Waals surface area contributed by atoms with Gasteiger partial charge in [0.15, 0.2) is 0 Å². The van der Waals surface area contributed by atoms with Crippen LogP contribution in [0.15, 0.2) is 54.7 Å². The van der Waals surface area contributed by atoms with E-state index in [9.17, 15) is 4.79 Å². The van der Waals surface area contributed by atoms with Crippen molar-refractivity contribution >= 4 is 12.0 Å². The van der Waals surface area contributed by atoms with Gasteiger partial charge < -0.3 is 19.5 Å². The van der Waals surface area contributed by atoms with Crippen LogP contribution >= 0.6 is 0 Å². The number of nitrogens with zero attached hydrogens (tertiary/aromatic N) is 1. The molecule has 0 saturated carbocycles. The normalized spacial score (nSPS) is 10.9. The summed E-state index contributed by atoms with van der Waals surface area (Å²) in [6.07, 6.45) is 5.81. The summed E-state index contributed by atoms with van der Waals surface area (Å²) in [7, 11) is 1.64. The summed E-state index contributed by atoms with van der Waals surface area (Å²) in [5.74, 6) is 0.637. The number of carbonyl (C=O) groups excluding carboxylic acids is 1. The van der Waals surface area contributed by atoms with Crippen LogP contribution in [0.2, 0.25) is 0 Å². The first-order valence-electron chi connectivity index (χ1n) is 8.93. The Kier molecular flexibility index (Phi) is 9.63. The third-order valence-corrected chi connectivity index (χ3v) is 3.62. The van der Waals surface area contributed by atoms with Gasteiger partial charge in [0.2, 0.25) is 5.91 Å². The van der Waals surface area contributed by atoms with E-state index in [1.54, 1.807) is 19.4 Å². The van der Waals surface area contributed by atoms with Crippen LogP contribution in [-0.4, -0.2) is 44.4 Å². The van der Waals surface area contributed by atoms with Crippen LogP contribution in [0.25, 0.3) is 6.08 Å². The van der Waals surface area contributed by atoms with Crippen LogP contribution in [0.3, 0.4) is 0 Å². The molecule has 1 heterocycles. The number of hydrogen-bond acceptors (Lipinski definition) is 5. The minimum absolute atomic E-state index is 0.123. The number of nitrogens with one attached hydrogen (secondary N) is 1. The Hall–Kier alpha value is -2.70.